The Hall–Kier alpha value is -1.51. The summed E-state index contributed by atoms with van der Waals surface area (Å²) in [5, 5.41) is 3.20. The quantitative estimate of drug-likeness (QED) is 0.795. The summed E-state index contributed by atoms with van der Waals surface area (Å²) in [5.74, 6) is 0.0404. The van der Waals surface area contributed by atoms with Gasteiger partial charge in [0.2, 0.25) is 5.91 Å². The number of hydrogen-bond donors (Lipinski definition) is 1. The fourth-order valence-corrected chi connectivity index (χ4v) is 1.21. The molecule has 1 aromatic carbocycles. The Bertz CT molecular complexity index is 323. The van der Waals surface area contributed by atoms with Crippen LogP contribution in [0.2, 0.25) is 0 Å². The first kappa shape index (κ1) is 10.6. The molecule has 0 aliphatic heterocycles. The number of nitrogens with one attached hydrogen (secondary N) is 1. The molecule has 0 spiro atoms. The monoisotopic (exact) mass is 192 g/mol. The largest absolute Gasteiger partial charge is 0.385 e. The van der Waals surface area contributed by atoms with Gasteiger partial charge >= 0.3 is 0 Å². The van der Waals surface area contributed by atoms with Crippen LogP contribution in [0.25, 0.3) is 0 Å². The highest BCUT2D eigenvalue weighted by Gasteiger charge is 2.04. The van der Waals surface area contributed by atoms with Crippen molar-refractivity contribution in [1.29, 1.82) is 0 Å². The third-order valence-electron chi connectivity index (χ3n) is 2.09. The molecule has 0 saturated heterocycles. The molecule has 1 rings (SSSR count). The molecule has 14 heavy (non-hydrogen) atoms. The van der Waals surface area contributed by atoms with E-state index in [0.717, 1.165) is 17.9 Å². The third-order valence-corrected chi connectivity index (χ3v) is 2.09. The molecule has 0 atom stereocenters. The summed E-state index contributed by atoms with van der Waals surface area (Å²) >= 11 is 0. The molecule has 1 aromatic rings. The van der Waals surface area contributed by atoms with E-state index < -0.39 is 0 Å². The minimum Gasteiger partial charge on any atom is -0.385 e. The molecule has 0 heterocycles. The first-order valence-corrected chi connectivity index (χ1v) is 4.73. The van der Waals surface area contributed by atoms with Crippen molar-refractivity contribution in [2.24, 2.45) is 0 Å². The Morgan fingerprint density at radius 2 is 2.21 bits per heavy atom. The minimum absolute atomic E-state index is 0.0404. The first-order chi connectivity index (χ1) is 6.65. The standard InChI is InChI=1S/C11H16N2O/c1-4-12-10-6-5-7-11(8-10)13(3)9(2)14/h5-8,12H,4H2,1-3H3. The van der Waals surface area contributed by atoms with Gasteiger partial charge in [0.15, 0.2) is 0 Å². The molecule has 0 unspecified atom stereocenters. The number of nitrogens with zero attached hydrogens (tertiary/aromatic N) is 1. The normalized spacial score (nSPS) is 9.64. The molecule has 0 aromatic heterocycles. The lowest BCUT2D eigenvalue weighted by atomic mass is 10.2. The Labute approximate surface area is 84.7 Å². The second-order valence-corrected chi connectivity index (χ2v) is 3.16. The maximum absolute atomic E-state index is 11.1. The number of amides is 1. The Kier molecular flexibility index (Phi) is 3.51. The highest BCUT2D eigenvalue weighted by atomic mass is 16.2. The number of benzene rings is 1. The van der Waals surface area contributed by atoms with Gasteiger partial charge in [0.05, 0.1) is 0 Å². The lowest BCUT2D eigenvalue weighted by molar-refractivity contribution is -0.116. The third kappa shape index (κ3) is 2.49. The van der Waals surface area contributed by atoms with Gasteiger partial charge in [-0.25, -0.2) is 0 Å². The summed E-state index contributed by atoms with van der Waals surface area (Å²) in [5.41, 5.74) is 1.95. The Morgan fingerprint density at radius 3 is 2.79 bits per heavy atom. The Balaban J connectivity index is 2.87. The number of hydrogen-bond acceptors (Lipinski definition) is 2. The number of carbonyl (C=O) groups excluding carboxylic acids is 1. The van der Waals surface area contributed by atoms with Gasteiger partial charge in [-0.15, -0.1) is 0 Å². The van der Waals surface area contributed by atoms with Crippen molar-refractivity contribution >= 4 is 17.3 Å². The van der Waals surface area contributed by atoms with E-state index in [-0.39, 0.29) is 5.91 Å². The molecular formula is C11H16N2O. The average molecular weight is 192 g/mol. The van der Waals surface area contributed by atoms with Gasteiger partial charge in [-0.3, -0.25) is 4.79 Å². The zero-order chi connectivity index (χ0) is 10.6. The van der Waals surface area contributed by atoms with Gasteiger partial charge in [-0.1, -0.05) is 6.07 Å². The van der Waals surface area contributed by atoms with Crippen molar-refractivity contribution in [3.05, 3.63) is 24.3 Å². The molecule has 1 N–H and O–H groups in total. The molecule has 0 saturated carbocycles. The zero-order valence-corrected chi connectivity index (χ0v) is 8.87. The van der Waals surface area contributed by atoms with E-state index in [1.807, 2.05) is 31.2 Å². The van der Waals surface area contributed by atoms with Gasteiger partial charge < -0.3 is 10.2 Å². The highest BCUT2D eigenvalue weighted by Crippen LogP contribution is 2.18. The molecule has 3 nitrogen and oxygen atoms in total. The van der Waals surface area contributed by atoms with E-state index in [0.29, 0.717) is 0 Å². The molecule has 0 aliphatic rings. The van der Waals surface area contributed by atoms with E-state index in [4.69, 9.17) is 0 Å². The molecule has 0 aliphatic carbocycles. The molecule has 0 bridgehead atoms. The molecule has 0 radical (unpaired) electrons. The van der Waals surface area contributed by atoms with Crippen LogP contribution in [0.1, 0.15) is 13.8 Å². The number of carbonyl (C=O) groups is 1. The summed E-state index contributed by atoms with van der Waals surface area (Å²) in [6.45, 7) is 4.48. The van der Waals surface area contributed by atoms with Gasteiger partial charge in [0.1, 0.15) is 0 Å². The van der Waals surface area contributed by atoms with Crippen molar-refractivity contribution in [3.63, 3.8) is 0 Å². The topological polar surface area (TPSA) is 32.3 Å². The number of rotatable bonds is 3. The summed E-state index contributed by atoms with van der Waals surface area (Å²) < 4.78 is 0. The molecule has 0 fully saturated rings. The fourth-order valence-electron chi connectivity index (χ4n) is 1.21. The predicted molar refractivity (Wildman–Crippen MR) is 59.7 cm³/mol. The first-order valence-electron chi connectivity index (χ1n) is 4.73. The maximum Gasteiger partial charge on any atom is 0.223 e. The van der Waals surface area contributed by atoms with Crippen molar-refractivity contribution < 1.29 is 4.79 Å². The van der Waals surface area contributed by atoms with Crippen LogP contribution < -0.4 is 10.2 Å². The Morgan fingerprint density at radius 1 is 1.50 bits per heavy atom. The van der Waals surface area contributed by atoms with Crippen LogP contribution in [-0.2, 0) is 4.79 Å². The lowest BCUT2D eigenvalue weighted by Crippen LogP contribution is -2.22. The van der Waals surface area contributed by atoms with E-state index >= 15 is 0 Å². The summed E-state index contributed by atoms with van der Waals surface area (Å²) in [6, 6.07) is 7.81. The fraction of sp³-hybridized carbons (Fsp3) is 0.364. The van der Waals surface area contributed by atoms with Crippen LogP contribution in [0.15, 0.2) is 24.3 Å². The second-order valence-electron chi connectivity index (χ2n) is 3.16. The van der Waals surface area contributed by atoms with Crippen LogP contribution in [0.4, 0.5) is 11.4 Å². The van der Waals surface area contributed by atoms with E-state index in [1.54, 1.807) is 18.9 Å². The van der Waals surface area contributed by atoms with Crippen LogP contribution in [0, 0.1) is 0 Å². The summed E-state index contributed by atoms with van der Waals surface area (Å²) in [6.07, 6.45) is 0. The maximum atomic E-state index is 11.1. The zero-order valence-electron chi connectivity index (χ0n) is 8.87. The van der Waals surface area contributed by atoms with E-state index in [9.17, 15) is 4.79 Å². The lowest BCUT2D eigenvalue weighted by Gasteiger charge is -2.16. The molecule has 3 heteroatoms. The second kappa shape index (κ2) is 4.65. The van der Waals surface area contributed by atoms with E-state index in [1.165, 1.54) is 0 Å². The van der Waals surface area contributed by atoms with Crippen molar-refractivity contribution in [2.75, 3.05) is 23.8 Å². The molecule has 1 amide bonds. The summed E-state index contributed by atoms with van der Waals surface area (Å²) in [4.78, 5) is 12.7. The van der Waals surface area contributed by atoms with Gasteiger partial charge in [-0.2, -0.15) is 0 Å². The van der Waals surface area contributed by atoms with Crippen LogP contribution in [0.5, 0.6) is 0 Å². The van der Waals surface area contributed by atoms with Gasteiger partial charge in [0, 0.05) is 31.9 Å². The van der Waals surface area contributed by atoms with Crippen LogP contribution >= 0.6 is 0 Å². The van der Waals surface area contributed by atoms with Crippen molar-refractivity contribution in [3.8, 4) is 0 Å². The van der Waals surface area contributed by atoms with Gasteiger partial charge in [0.25, 0.3) is 0 Å². The number of anilines is 2. The van der Waals surface area contributed by atoms with Crippen molar-refractivity contribution in [1.82, 2.24) is 0 Å². The van der Waals surface area contributed by atoms with E-state index in [2.05, 4.69) is 5.32 Å². The molecular weight excluding hydrogens is 176 g/mol. The smallest absolute Gasteiger partial charge is 0.223 e. The molecule has 76 valence electrons. The van der Waals surface area contributed by atoms with Gasteiger partial charge in [-0.05, 0) is 25.1 Å². The predicted octanol–water partition coefficient (Wildman–Crippen LogP) is 2.10. The highest BCUT2D eigenvalue weighted by molar-refractivity contribution is 5.91. The van der Waals surface area contributed by atoms with Crippen LogP contribution in [-0.4, -0.2) is 19.5 Å². The van der Waals surface area contributed by atoms with Crippen LogP contribution in [0.3, 0.4) is 0 Å². The van der Waals surface area contributed by atoms with Crippen molar-refractivity contribution in [2.45, 2.75) is 13.8 Å². The minimum atomic E-state index is 0.0404. The average Bonchev–Trinajstić information content (AvgIpc) is 2.17. The summed E-state index contributed by atoms with van der Waals surface area (Å²) in [7, 11) is 1.77. The SMILES string of the molecule is CCNc1cccc(N(C)C(C)=O)c1.